The predicted octanol–water partition coefficient (Wildman–Crippen LogP) is 10.4. The summed E-state index contributed by atoms with van der Waals surface area (Å²) in [6.45, 7) is 10.2. The Kier molecular flexibility index (Phi) is 17.0. The fourth-order valence-electron chi connectivity index (χ4n) is 4.52. The van der Waals surface area contributed by atoms with Crippen molar-refractivity contribution in [3.05, 3.63) is 72.8 Å². The minimum Gasteiger partial charge on any atom is -0.494 e. The Morgan fingerprint density at radius 3 is 1.56 bits per heavy atom. The summed E-state index contributed by atoms with van der Waals surface area (Å²) in [6, 6.07) is 23.0. The van der Waals surface area contributed by atoms with Crippen LogP contribution in [-0.2, 0) is 14.3 Å². The monoisotopic (exact) mass is 615 g/mol. The van der Waals surface area contributed by atoms with Crippen LogP contribution in [-0.4, -0.2) is 45.5 Å². The van der Waals surface area contributed by atoms with Crippen molar-refractivity contribution in [1.82, 2.24) is 0 Å². The lowest BCUT2D eigenvalue weighted by atomic mass is 10.1. The third-order valence-electron chi connectivity index (χ3n) is 7.16. The van der Waals surface area contributed by atoms with E-state index in [1.54, 1.807) is 6.92 Å². The van der Waals surface area contributed by atoms with E-state index in [4.69, 9.17) is 14.2 Å². The Morgan fingerprint density at radius 2 is 1.07 bits per heavy atom. The lowest BCUT2D eigenvalue weighted by Gasteiger charge is -2.22. The molecule has 0 atom stereocenters. The largest absolute Gasteiger partial charge is 0.494 e. The maximum Gasteiger partial charge on any atom is 0.305 e. The number of carbonyl (C=O) groups is 1. The Hall–Kier alpha value is -4.11. The molecule has 9 nitrogen and oxygen atoms in total. The van der Waals surface area contributed by atoms with Crippen LogP contribution in [0.4, 0.5) is 28.4 Å². The molecule has 0 fully saturated rings. The molecule has 0 aliphatic carbocycles. The van der Waals surface area contributed by atoms with Crippen LogP contribution in [0, 0.1) is 0 Å². The van der Waals surface area contributed by atoms with E-state index in [9.17, 15) is 4.79 Å². The summed E-state index contributed by atoms with van der Waals surface area (Å²) < 4.78 is 16.5. The van der Waals surface area contributed by atoms with Gasteiger partial charge >= 0.3 is 5.97 Å². The van der Waals surface area contributed by atoms with Crippen molar-refractivity contribution in [1.29, 1.82) is 0 Å². The van der Waals surface area contributed by atoms with Crippen LogP contribution in [0.5, 0.6) is 5.75 Å². The number of rotatable bonds is 22. The minimum absolute atomic E-state index is 0.180. The number of hydrogen-bond donors (Lipinski definition) is 0. The SMILES string of the molecule is CCOCCCCCCCCCOc1ccc(N=Nc2ccc(N=Nc3ccc(N(CC)CCOC(=O)CC)cc3)cc2)cc1. The maximum atomic E-state index is 11.4. The standard InChI is InChI=1S/C36H49N5O4/c1-4-36(42)45-29-26-41(5-2)34-22-18-32(19-23-34)39-37-30-14-16-31(17-15-30)38-40-33-20-24-35(25-21-33)44-28-13-11-9-7-8-10-12-27-43-6-3/h14-25H,4-13,26-29H2,1-3H3. The first-order valence-electron chi connectivity index (χ1n) is 16.4. The van der Waals surface area contributed by atoms with Crippen LogP contribution in [0.25, 0.3) is 0 Å². The van der Waals surface area contributed by atoms with Crippen LogP contribution in [0.2, 0.25) is 0 Å². The Labute approximate surface area is 268 Å². The summed E-state index contributed by atoms with van der Waals surface area (Å²) in [6.07, 6.45) is 8.92. The molecule has 0 aliphatic heterocycles. The number of carbonyl (C=O) groups excluding carboxylic acids is 1. The quantitative estimate of drug-likeness (QED) is 0.0636. The van der Waals surface area contributed by atoms with Gasteiger partial charge in [0.05, 0.1) is 35.9 Å². The number of likely N-dealkylation sites (N-methyl/N-ethyl adjacent to an activating group) is 1. The van der Waals surface area contributed by atoms with E-state index in [1.807, 2.05) is 79.7 Å². The molecule has 0 radical (unpaired) electrons. The van der Waals surface area contributed by atoms with Gasteiger partial charge in [0, 0.05) is 31.9 Å². The zero-order valence-corrected chi connectivity index (χ0v) is 27.2. The summed E-state index contributed by atoms with van der Waals surface area (Å²) in [4.78, 5) is 13.5. The van der Waals surface area contributed by atoms with E-state index in [2.05, 4.69) is 32.3 Å². The molecule has 242 valence electrons. The first-order chi connectivity index (χ1) is 22.1. The molecule has 0 saturated carbocycles. The molecule has 0 unspecified atom stereocenters. The van der Waals surface area contributed by atoms with Gasteiger partial charge in [0.15, 0.2) is 0 Å². The molecule has 0 heterocycles. The highest BCUT2D eigenvalue weighted by molar-refractivity contribution is 5.68. The molecule has 0 saturated heterocycles. The third-order valence-corrected chi connectivity index (χ3v) is 7.16. The van der Waals surface area contributed by atoms with E-state index in [0.29, 0.717) is 19.6 Å². The maximum absolute atomic E-state index is 11.4. The molecule has 0 amide bonds. The highest BCUT2D eigenvalue weighted by Gasteiger charge is 2.06. The third kappa shape index (κ3) is 14.5. The summed E-state index contributed by atoms with van der Waals surface area (Å²) >= 11 is 0. The van der Waals surface area contributed by atoms with Gasteiger partial charge in [0.2, 0.25) is 0 Å². The predicted molar refractivity (Wildman–Crippen MR) is 181 cm³/mol. The van der Waals surface area contributed by atoms with Gasteiger partial charge in [-0.15, -0.1) is 0 Å². The van der Waals surface area contributed by atoms with Gasteiger partial charge in [0.1, 0.15) is 12.4 Å². The van der Waals surface area contributed by atoms with Gasteiger partial charge in [0.25, 0.3) is 0 Å². The second-order valence-corrected chi connectivity index (χ2v) is 10.6. The van der Waals surface area contributed by atoms with Crippen molar-refractivity contribution in [2.45, 2.75) is 72.1 Å². The number of unbranched alkanes of at least 4 members (excludes halogenated alkanes) is 6. The van der Waals surface area contributed by atoms with E-state index < -0.39 is 0 Å². The zero-order valence-electron chi connectivity index (χ0n) is 27.2. The Morgan fingerprint density at radius 1 is 0.600 bits per heavy atom. The number of ether oxygens (including phenoxy) is 3. The van der Waals surface area contributed by atoms with Gasteiger partial charge in [-0.1, -0.05) is 39.0 Å². The number of azo groups is 2. The highest BCUT2D eigenvalue weighted by Crippen LogP contribution is 2.26. The van der Waals surface area contributed by atoms with Crippen LogP contribution in [0.1, 0.15) is 72.1 Å². The van der Waals surface area contributed by atoms with Crippen molar-refractivity contribution in [3.8, 4) is 5.75 Å². The second-order valence-electron chi connectivity index (χ2n) is 10.6. The fourth-order valence-corrected chi connectivity index (χ4v) is 4.52. The van der Waals surface area contributed by atoms with Crippen molar-refractivity contribution >= 4 is 34.4 Å². The van der Waals surface area contributed by atoms with Gasteiger partial charge in [-0.05, 0) is 99.5 Å². The van der Waals surface area contributed by atoms with Crippen LogP contribution in [0.3, 0.4) is 0 Å². The molecule has 0 N–H and O–H groups in total. The minimum atomic E-state index is -0.180. The molecule has 3 aromatic carbocycles. The molecule has 0 aliphatic rings. The molecule has 0 bridgehead atoms. The molecule has 0 spiro atoms. The van der Waals surface area contributed by atoms with Crippen LogP contribution in [0.15, 0.2) is 93.3 Å². The molecule has 45 heavy (non-hydrogen) atoms. The fraction of sp³-hybridized carbons (Fsp3) is 0.472. The van der Waals surface area contributed by atoms with Gasteiger partial charge in [-0.2, -0.15) is 20.5 Å². The number of anilines is 1. The van der Waals surface area contributed by atoms with Crippen LogP contribution >= 0.6 is 0 Å². The summed E-state index contributed by atoms with van der Waals surface area (Å²) in [5.74, 6) is 0.674. The Bertz CT molecular complexity index is 1280. The van der Waals surface area contributed by atoms with Gasteiger partial charge in [-0.3, -0.25) is 4.79 Å². The second kappa shape index (κ2) is 21.6. The zero-order chi connectivity index (χ0) is 32.0. The molecule has 9 heteroatoms. The summed E-state index contributed by atoms with van der Waals surface area (Å²) in [7, 11) is 0. The number of benzene rings is 3. The van der Waals surface area contributed by atoms with Crippen molar-refractivity contribution < 1.29 is 19.0 Å². The van der Waals surface area contributed by atoms with Gasteiger partial charge in [-0.25, -0.2) is 0 Å². The average molecular weight is 616 g/mol. The van der Waals surface area contributed by atoms with Gasteiger partial charge < -0.3 is 19.1 Å². The van der Waals surface area contributed by atoms with Crippen molar-refractivity contribution in [2.75, 3.05) is 44.4 Å². The topological polar surface area (TPSA) is 97.4 Å². The first kappa shape index (κ1) is 35.4. The Balaban J connectivity index is 1.36. The van der Waals surface area contributed by atoms with Crippen molar-refractivity contribution in [3.63, 3.8) is 0 Å². The molecular formula is C36H49N5O4. The number of hydrogen-bond acceptors (Lipinski definition) is 9. The molecule has 0 aromatic heterocycles. The average Bonchev–Trinajstić information content (AvgIpc) is 3.08. The smallest absolute Gasteiger partial charge is 0.305 e. The number of nitrogens with zero attached hydrogens (tertiary/aromatic N) is 5. The van der Waals surface area contributed by atoms with E-state index in [1.165, 1.54) is 38.5 Å². The first-order valence-corrected chi connectivity index (χ1v) is 16.4. The lowest BCUT2D eigenvalue weighted by molar-refractivity contribution is -0.142. The summed E-state index contributed by atoms with van der Waals surface area (Å²) in [5.41, 5.74) is 4.02. The normalized spacial score (nSPS) is 11.4. The van der Waals surface area contributed by atoms with E-state index in [-0.39, 0.29) is 5.97 Å². The highest BCUT2D eigenvalue weighted by atomic mass is 16.5. The van der Waals surface area contributed by atoms with Crippen molar-refractivity contribution in [2.24, 2.45) is 20.5 Å². The molecule has 3 rings (SSSR count). The summed E-state index contributed by atoms with van der Waals surface area (Å²) in [5, 5.41) is 17.4. The lowest BCUT2D eigenvalue weighted by Crippen LogP contribution is -2.27. The van der Waals surface area contributed by atoms with E-state index >= 15 is 0 Å². The van der Waals surface area contributed by atoms with E-state index in [0.717, 1.165) is 67.0 Å². The number of esters is 1. The molecular weight excluding hydrogens is 566 g/mol. The van der Waals surface area contributed by atoms with Crippen LogP contribution < -0.4 is 9.64 Å². The molecule has 3 aromatic rings.